The predicted octanol–water partition coefficient (Wildman–Crippen LogP) is 5.64. The van der Waals surface area contributed by atoms with Gasteiger partial charge in [0.1, 0.15) is 12.4 Å². The molecule has 1 aliphatic carbocycles. The molecule has 3 nitrogen and oxygen atoms in total. The van der Waals surface area contributed by atoms with Crippen LogP contribution in [-0.2, 0) is 16.0 Å². The molecular formula is C22H23ClO3. The zero-order chi connectivity index (χ0) is 18.9. The Morgan fingerprint density at radius 3 is 2.38 bits per heavy atom. The maximum Gasteiger partial charge on any atom is 0.373 e. The van der Waals surface area contributed by atoms with Gasteiger partial charge in [-0.3, -0.25) is 0 Å². The third kappa shape index (κ3) is 5.32. The highest BCUT2D eigenvalue weighted by Crippen LogP contribution is 2.35. The van der Waals surface area contributed by atoms with E-state index in [2.05, 4.69) is 44.2 Å². The van der Waals surface area contributed by atoms with Gasteiger partial charge < -0.3 is 4.74 Å². The smallest absolute Gasteiger partial charge is 0.373 e. The van der Waals surface area contributed by atoms with Crippen LogP contribution in [0.3, 0.4) is 0 Å². The van der Waals surface area contributed by atoms with Crippen LogP contribution in [0.5, 0.6) is 5.75 Å². The molecule has 0 atom stereocenters. The number of allylic oxidation sites excluding steroid dienone is 1. The summed E-state index contributed by atoms with van der Waals surface area (Å²) in [6.07, 6.45) is 4.79. The van der Waals surface area contributed by atoms with Gasteiger partial charge in [0.25, 0.3) is 0 Å². The number of carbonyl (C=O) groups excluding carboxylic acids is 2. The molecule has 0 aliphatic heterocycles. The van der Waals surface area contributed by atoms with Crippen molar-refractivity contribution in [2.75, 3.05) is 6.61 Å². The standard InChI is InChI=1S/C21H23ClO.CO2/c1-3-16-7-12-21(15(2)13-16)23-14-18-5-4-6-20(18)17-8-10-19(22)11-9-17;2-1-3/h7-13H,3-6,14H2,1-2H3;. The number of halogens is 1. The Morgan fingerprint density at radius 2 is 1.77 bits per heavy atom. The topological polar surface area (TPSA) is 43.4 Å². The van der Waals surface area contributed by atoms with E-state index in [1.165, 1.54) is 34.3 Å². The summed E-state index contributed by atoms with van der Waals surface area (Å²) in [6.45, 7) is 4.99. The third-order valence-electron chi connectivity index (χ3n) is 4.57. The van der Waals surface area contributed by atoms with E-state index in [0.29, 0.717) is 6.61 Å². The summed E-state index contributed by atoms with van der Waals surface area (Å²) < 4.78 is 6.11. The van der Waals surface area contributed by atoms with Crippen molar-refractivity contribution < 1.29 is 14.3 Å². The monoisotopic (exact) mass is 370 g/mol. The van der Waals surface area contributed by atoms with Crippen LogP contribution in [0, 0.1) is 6.92 Å². The summed E-state index contributed by atoms with van der Waals surface area (Å²) in [5.74, 6) is 0.997. The first-order valence-corrected chi connectivity index (χ1v) is 9.15. The van der Waals surface area contributed by atoms with Crippen LogP contribution >= 0.6 is 11.6 Å². The first kappa shape index (κ1) is 20.0. The summed E-state index contributed by atoms with van der Waals surface area (Å²) >= 11 is 6.00. The van der Waals surface area contributed by atoms with Gasteiger partial charge in [-0.15, -0.1) is 0 Å². The Balaban J connectivity index is 0.000000758. The van der Waals surface area contributed by atoms with Crippen LogP contribution in [0.4, 0.5) is 0 Å². The molecule has 0 heterocycles. The number of rotatable bonds is 5. The van der Waals surface area contributed by atoms with Crippen LogP contribution in [0.25, 0.3) is 5.57 Å². The lowest BCUT2D eigenvalue weighted by molar-refractivity contribution is -0.191. The van der Waals surface area contributed by atoms with Crippen molar-refractivity contribution in [2.45, 2.75) is 39.5 Å². The lowest BCUT2D eigenvalue weighted by atomic mass is 10.0. The Bertz CT molecular complexity index is 801. The van der Waals surface area contributed by atoms with Crippen LogP contribution in [0.2, 0.25) is 5.02 Å². The number of hydrogen-bond donors (Lipinski definition) is 0. The summed E-state index contributed by atoms with van der Waals surface area (Å²) in [6, 6.07) is 14.6. The SMILES string of the molecule is CCc1ccc(OCC2=C(c3ccc(Cl)cc3)CCC2)c(C)c1.O=C=O. The molecule has 0 fully saturated rings. The Kier molecular flexibility index (Phi) is 7.65. The molecule has 0 saturated heterocycles. The molecule has 0 bridgehead atoms. The molecule has 136 valence electrons. The van der Waals surface area contributed by atoms with E-state index >= 15 is 0 Å². The molecule has 0 radical (unpaired) electrons. The van der Waals surface area contributed by atoms with Gasteiger partial charge in [-0.25, -0.2) is 0 Å². The highest BCUT2D eigenvalue weighted by atomic mass is 35.5. The molecule has 0 spiro atoms. The van der Waals surface area contributed by atoms with Crippen LogP contribution < -0.4 is 4.74 Å². The molecule has 2 aromatic rings. The van der Waals surface area contributed by atoms with E-state index in [0.717, 1.165) is 30.0 Å². The van der Waals surface area contributed by atoms with Crippen molar-refractivity contribution in [1.29, 1.82) is 0 Å². The Hall–Kier alpha value is -2.35. The molecule has 0 aromatic heterocycles. The fourth-order valence-corrected chi connectivity index (χ4v) is 3.35. The first-order chi connectivity index (χ1) is 12.6. The fourth-order valence-electron chi connectivity index (χ4n) is 3.22. The zero-order valence-electron chi connectivity index (χ0n) is 15.2. The minimum absolute atomic E-state index is 0.250. The van der Waals surface area contributed by atoms with Crippen LogP contribution in [0.15, 0.2) is 48.0 Å². The Morgan fingerprint density at radius 1 is 1.08 bits per heavy atom. The van der Waals surface area contributed by atoms with E-state index in [1.54, 1.807) is 0 Å². The molecule has 4 heteroatoms. The molecule has 26 heavy (non-hydrogen) atoms. The van der Waals surface area contributed by atoms with Gasteiger partial charge in [0, 0.05) is 5.02 Å². The van der Waals surface area contributed by atoms with Crippen molar-refractivity contribution >= 4 is 23.3 Å². The average molecular weight is 371 g/mol. The van der Waals surface area contributed by atoms with Gasteiger partial charge in [0.2, 0.25) is 0 Å². The predicted molar refractivity (Wildman–Crippen MR) is 103 cm³/mol. The second kappa shape index (κ2) is 9.96. The van der Waals surface area contributed by atoms with Gasteiger partial charge in [-0.1, -0.05) is 42.8 Å². The normalized spacial score (nSPS) is 13.0. The number of ether oxygens (including phenoxy) is 1. The van der Waals surface area contributed by atoms with Crippen molar-refractivity contribution in [1.82, 2.24) is 0 Å². The van der Waals surface area contributed by atoms with Crippen molar-refractivity contribution in [3.63, 3.8) is 0 Å². The zero-order valence-corrected chi connectivity index (χ0v) is 15.9. The second-order valence-electron chi connectivity index (χ2n) is 6.27. The van der Waals surface area contributed by atoms with Crippen LogP contribution in [-0.4, -0.2) is 12.8 Å². The number of aryl methyl sites for hydroxylation is 2. The summed E-state index contributed by atoms with van der Waals surface area (Å²) in [7, 11) is 0. The maximum atomic E-state index is 8.12. The van der Waals surface area contributed by atoms with Gasteiger partial charge in [-0.2, -0.15) is 9.59 Å². The molecule has 2 aromatic carbocycles. The number of benzene rings is 2. The molecule has 0 unspecified atom stereocenters. The molecule has 0 saturated carbocycles. The van der Waals surface area contributed by atoms with Crippen molar-refractivity contribution in [3.8, 4) is 5.75 Å². The minimum atomic E-state index is 0.250. The summed E-state index contributed by atoms with van der Waals surface area (Å²) in [5, 5.41) is 0.789. The summed E-state index contributed by atoms with van der Waals surface area (Å²) in [5.41, 5.74) is 6.71. The van der Waals surface area contributed by atoms with Gasteiger partial charge in [-0.05, 0) is 78.6 Å². The molecule has 3 rings (SSSR count). The van der Waals surface area contributed by atoms with E-state index in [1.807, 2.05) is 12.1 Å². The Labute approximate surface area is 159 Å². The molecule has 0 amide bonds. The summed E-state index contributed by atoms with van der Waals surface area (Å²) in [4.78, 5) is 16.2. The molecular weight excluding hydrogens is 348 g/mol. The van der Waals surface area contributed by atoms with Gasteiger partial charge >= 0.3 is 6.15 Å². The lowest BCUT2D eigenvalue weighted by Crippen LogP contribution is -2.02. The molecule has 0 N–H and O–H groups in total. The quantitative estimate of drug-likeness (QED) is 0.683. The fraction of sp³-hybridized carbons (Fsp3) is 0.318. The average Bonchev–Trinajstić information content (AvgIpc) is 3.10. The third-order valence-corrected chi connectivity index (χ3v) is 4.83. The highest BCUT2D eigenvalue weighted by Gasteiger charge is 2.17. The van der Waals surface area contributed by atoms with Crippen molar-refractivity contribution in [2.24, 2.45) is 0 Å². The maximum absolute atomic E-state index is 8.12. The van der Waals surface area contributed by atoms with Crippen molar-refractivity contribution in [3.05, 3.63) is 69.8 Å². The van der Waals surface area contributed by atoms with E-state index in [-0.39, 0.29) is 6.15 Å². The van der Waals surface area contributed by atoms with Crippen LogP contribution in [0.1, 0.15) is 42.9 Å². The molecule has 1 aliphatic rings. The number of hydrogen-bond acceptors (Lipinski definition) is 3. The second-order valence-corrected chi connectivity index (χ2v) is 6.70. The highest BCUT2D eigenvalue weighted by molar-refractivity contribution is 6.30. The largest absolute Gasteiger partial charge is 0.489 e. The van der Waals surface area contributed by atoms with Gasteiger partial charge in [0.05, 0.1) is 0 Å². The van der Waals surface area contributed by atoms with Gasteiger partial charge in [0.15, 0.2) is 0 Å². The van der Waals surface area contributed by atoms with E-state index < -0.39 is 0 Å². The first-order valence-electron chi connectivity index (χ1n) is 8.77. The van der Waals surface area contributed by atoms with E-state index in [4.69, 9.17) is 25.9 Å². The van der Waals surface area contributed by atoms with E-state index in [9.17, 15) is 0 Å². The lowest BCUT2D eigenvalue weighted by Gasteiger charge is -2.13. The minimum Gasteiger partial charge on any atom is -0.489 e.